The number of ether oxygens (including phenoxy) is 2. The summed E-state index contributed by atoms with van der Waals surface area (Å²) in [5, 5.41) is 2.94. The average molecular weight is 396 g/mol. The van der Waals surface area contributed by atoms with Gasteiger partial charge in [-0.2, -0.15) is 0 Å². The number of carbonyl (C=O) groups is 1. The standard InChI is InChI=1S/C25H33NO3/c1-18(2)21-9-6-19(7-10-21)16-25(3)17-22-14-20(8-11-23(22)29-25)15-24(27)26-12-5-13-28-4/h6-11,14,18H,5,12-13,15-17H2,1-4H3,(H,26,27)/t25-/m1/s1. The van der Waals surface area contributed by atoms with Gasteiger partial charge in [0.25, 0.3) is 0 Å². The number of amides is 1. The van der Waals surface area contributed by atoms with Crippen LogP contribution in [0.1, 0.15) is 55.4 Å². The van der Waals surface area contributed by atoms with E-state index in [0.717, 1.165) is 30.6 Å². The van der Waals surface area contributed by atoms with E-state index in [4.69, 9.17) is 9.47 Å². The zero-order valence-electron chi connectivity index (χ0n) is 18.1. The Morgan fingerprint density at radius 3 is 2.59 bits per heavy atom. The van der Waals surface area contributed by atoms with E-state index in [1.165, 1.54) is 16.7 Å². The zero-order valence-corrected chi connectivity index (χ0v) is 18.1. The van der Waals surface area contributed by atoms with E-state index in [0.29, 0.717) is 25.5 Å². The molecule has 0 saturated heterocycles. The molecular weight excluding hydrogens is 362 g/mol. The van der Waals surface area contributed by atoms with E-state index in [2.05, 4.69) is 56.4 Å². The number of rotatable bonds is 9. The lowest BCUT2D eigenvalue weighted by Gasteiger charge is -2.24. The lowest BCUT2D eigenvalue weighted by molar-refractivity contribution is -0.120. The van der Waals surface area contributed by atoms with Gasteiger partial charge < -0.3 is 14.8 Å². The van der Waals surface area contributed by atoms with Crippen molar-refractivity contribution in [2.45, 2.75) is 58.0 Å². The van der Waals surface area contributed by atoms with E-state index in [9.17, 15) is 4.79 Å². The summed E-state index contributed by atoms with van der Waals surface area (Å²) in [6.45, 7) is 7.91. The SMILES string of the molecule is COCCCNC(=O)Cc1ccc2c(c1)C[C@@](C)(Cc1ccc(C(C)C)cc1)O2. The van der Waals surface area contributed by atoms with E-state index in [-0.39, 0.29) is 11.5 Å². The fourth-order valence-electron chi connectivity index (χ4n) is 3.93. The predicted octanol–water partition coefficient (Wildman–Crippen LogP) is 4.44. The Morgan fingerprint density at radius 2 is 1.90 bits per heavy atom. The van der Waals surface area contributed by atoms with Gasteiger partial charge in [-0.05, 0) is 47.6 Å². The van der Waals surface area contributed by atoms with Crippen molar-refractivity contribution in [3.05, 3.63) is 64.7 Å². The summed E-state index contributed by atoms with van der Waals surface area (Å²) in [7, 11) is 1.67. The molecule has 4 heteroatoms. The molecule has 29 heavy (non-hydrogen) atoms. The maximum atomic E-state index is 12.1. The highest BCUT2D eigenvalue weighted by molar-refractivity contribution is 5.78. The summed E-state index contributed by atoms with van der Waals surface area (Å²) in [4.78, 5) is 12.1. The highest BCUT2D eigenvalue weighted by atomic mass is 16.5. The molecule has 1 aliphatic rings. The van der Waals surface area contributed by atoms with E-state index in [1.807, 2.05) is 12.1 Å². The third-order valence-corrected chi connectivity index (χ3v) is 5.48. The van der Waals surface area contributed by atoms with Gasteiger partial charge in [0.2, 0.25) is 5.91 Å². The van der Waals surface area contributed by atoms with E-state index < -0.39 is 0 Å². The molecule has 1 heterocycles. The van der Waals surface area contributed by atoms with Crippen LogP contribution in [0.25, 0.3) is 0 Å². The maximum absolute atomic E-state index is 12.1. The first-order chi connectivity index (χ1) is 13.9. The highest BCUT2D eigenvalue weighted by Crippen LogP contribution is 2.37. The van der Waals surface area contributed by atoms with Crippen molar-refractivity contribution in [3.8, 4) is 5.75 Å². The number of fused-ring (bicyclic) bond motifs is 1. The fraction of sp³-hybridized carbons (Fsp3) is 0.480. The number of hydrogen-bond acceptors (Lipinski definition) is 3. The van der Waals surface area contributed by atoms with Crippen LogP contribution in [0.15, 0.2) is 42.5 Å². The van der Waals surface area contributed by atoms with Gasteiger partial charge in [-0.3, -0.25) is 4.79 Å². The Morgan fingerprint density at radius 1 is 1.17 bits per heavy atom. The van der Waals surface area contributed by atoms with Crippen LogP contribution in [0.4, 0.5) is 0 Å². The molecular formula is C25H33NO3. The number of hydrogen-bond donors (Lipinski definition) is 1. The first-order valence-corrected chi connectivity index (χ1v) is 10.5. The quantitative estimate of drug-likeness (QED) is 0.639. The summed E-state index contributed by atoms with van der Waals surface area (Å²) in [5.41, 5.74) is 4.63. The molecule has 0 unspecified atom stereocenters. The molecule has 1 atom stereocenters. The highest BCUT2D eigenvalue weighted by Gasteiger charge is 2.35. The molecule has 156 valence electrons. The van der Waals surface area contributed by atoms with E-state index >= 15 is 0 Å². The molecule has 1 N–H and O–H groups in total. The Kier molecular flexibility index (Phi) is 6.96. The Labute approximate surface area is 174 Å². The smallest absolute Gasteiger partial charge is 0.224 e. The topological polar surface area (TPSA) is 47.6 Å². The van der Waals surface area contributed by atoms with Gasteiger partial charge in [-0.1, -0.05) is 50.2 Å². The van der Waals surface area contributed by atoms with Gasteiger partial charge in [0.1, 0.15) is 11.4 Å². The monoisotopic (exact) mass is 395 g/mol. The second-order valence-electron chi connectivity index (χ2n) is 8.62. The van der Waals surface area contributed by atoms with Crippen LogP contribution in [-0.2, 0) is 28.8 Å². The Hall–Kier alpha value is -2.33. The van der Waals surface area contributed by atoms with Crippen molar-refractivity contribution < 1.29 is 14.3 Å². The summed E-state index contributed by atoms with van der Waals surface area (Å²) in [6.07, 6.45) is 2.96. The molecule has 2 aromatic rings. The third kappa shape index (κ3) is 5.83. The number of benzene rings is 2. The molecule has 4 nitrogen and oxygen atoms in total. The predicted molar refractivity (Wildman–Crippen MR) is 117 cm³/mol. The van der Waals surface area contributed by atoms with Crippen molar-refractivity contribution in [1.82, 2.24) is 5.32 Å². The molecule has 0 bridgehead atoms. The molecule has 0 aromatic heterocycles. The Bertz CT molecular complexity index is 828. The second kappa shape index (κ2) is 9.45. The van der Waals surface area contributed by atoms with Gasteiger partial charge >= 0.3 is 0 Å². The van der Waals surface area contributed by atoms with Crippen LogP contribution in [0.5, 0.6) is 5.75 Å². The summed E-state index contributed by atoms with van der Waals surface area (Å²) < 4.78 is 11.3. The largest absolute Gasteiger partial charge is 0.487 e. The second-order valence-corrected chi connectivity index (χ2v) is 8.62. The van der Waals surface area contributed by atoms with Crippen molar-refractivity contribution >= 4 is 5.91 Å². The molecule has 0 fully saturated rings. The van der Waals surface area contributed by atoms with Crippen molar-refractivity contribution in [2.24, 2.45) is 0 Å². The van der Waals surface area contributed by atoms with Crippen LogP contribution in [0.2, 0.25) is 0 Å². The molecule has 2 aromatic carbocycles. The van der Waals surface area contributed by atoms with Gasteiger partial charge in [-0.15, -0.1) is 0 Å². The van der Waals surface area contributed by atoms with Crippen LogP contribution in [-0.4, -0.2) is 31.8 Å². The van der Waals surface area contributed by atoms with Crippen molar-refractivity contribution in [1.29, 1.82) is 0 Å². The summed E-state index contributed by atoms with van der Waals surface area (Å²) in [5.74, 6) is 1.53. The third-order valence-electron chi connectivity index (χ3n) is 5.48. The van der Waals surface area contributed by atoms with Crippen molar-refractivity contribution in [2.75, 3.05) is 20.3 Å². The molecule has 1 aliphatic heterocycles. The Balaban J connectivity index is 1.58. The van der Waals surface area contributed by atoms with Gasteiger partial charge in [0.15, 0.2) is 0 Å². The maximum Gasteiger partial charge on any atom is 0.224 e. The molecule has 0 radical (unpaired) electrons. The normalized spacial score (nSPS) is 17.8. The summed E-state index contributed by atoms with van der Waals surface area (Å²) >= 11 is 0. The fourth-order valence-corrected chi connectivity index (χ4v) is 3.93. The molecule has 3 rings (SSSR count). The first kappa shape index (κ1) is 21.4. The van der Waals surface area contributed by atoms with Crippen LogP contribution >= 0.6 is 0 Å². The minimum atomic E-state index is -0.247. The minimum Gasteiger partial charge on any atom is -0.487 e. The lowest BCUT2D eigenvalue weighted by atomic mass is 9.90. The lowest BCUT2D eigenvalue weighted by Crippen LogP contribution is -2.32. The first-order valence-electron chi connectivity index (χ1n) is 10.5. The van der Waals surface area contributed by atoms with Gasteiger partial charge in [-0.25, -0.2) is 0 Å². The average Bonchev–Trinajstić information content (AvgIpc) is 3.00. The number of nitrogens with one attached hydrogen (secondary N) is 1. The van der Waals surface area contributed by atoms with Crippen molar-refractivity contribution in [3.63, 3.8) is 0 Å². The molecule has 1 amide bonds. The molecule has 0 saturated carbocycles. The molecule has 0 spiro atoms. The van der Waals surface area contributed by atoms with Crippen LogP contribution < -0.4 is 10.1 Å². The summed E-state index contributed by atoms with van der Waals surface area (Å²) in [6, 6.07) is 15.0. The number of methoxy groups -OCH3 is 1. The van der Waals surface area contributed by atoms with Crippen LogP contribution in [0, 0.1) is 0 Å². The number of carbonyl (C=O) groups excluding carboxylic acids is 1. The zero-order chi connectivity index (χ0) is 20.9. The van der Waals surface area contributed by atoms with E-state index in [1.54, 1.807) is 7.11 Å². The van der Waals surface area contributed by atoms with Gasteiger partial charge in [0.05, 0.1) is 6.42 Å². The molecule has 0 aliphatic carbocycles. The van der Waals surface area contributed by atoms with Gasteiger partial charge in [0, 0.05) is 33.1 Å². The van der Waals surface area contributed by atoms with Crippen LogP contribution in [0.3, 0.4) is 0 Å². The minimum absolute atomic E-state index is 0.0490.